The number of benzene rings is 1. The first-order chi connectivity index (χ1) is 11.6. The van der Waals surface area contributed by atoms with Gasteiger partial charge in [-0.15, -0.1) is 0 Å². The third-order valence-electron chi connectivity index (χ3n) is 4.66. The van der Waals surface area contributed by atoms with E-state index in [1.807, 2.05) is 12.1 Å². The fourth-order valence-electron chi connectivity index (χ4n) is 3.26. The van der Waals surface area contributed by atoms with Crippen LogP contribution in [0.5, 0.6) is 5.75 Å². The fraction of sp³-hybridized carbons (Fsp3) is 0.444. The number of carboxylic acid groups (broad SMARTS) is 1. The maximum absolute atomic E-state index is 12.3. The summed E-state index contributed by atoms with van der Waals surface area (Å²) in [4.78, 5) is 23.2. The van der Waals surface area contributed by atoms with Crippen LogP contribution in [-0.2, 0) is 16.0 Å². The van der Waals surface area contributed by atoms with Gasteiger partial charge in [0.05, 0.1) is 25.7 Å². The highest BCUT2D eigenvalue weighted by Gasteiger charge is 2.26. The number of hydrogen-bond acceptors (Lipinski definition) is 4. The summed E-state index contributed by atoms with van der Waals surface area (Å²) in [5.41, 5.74) is 1.53. The SMILES string of the molecule is COc1ccc2c(CC(=O)NC3CCC(C(=O)O)CC3)coc2c1. The van der Waals surface area contributed by atoms with Crippen LogP contribution in [0.3, 0.4) is 0 Å². The van der Waals surface area contributed by atoms with E-state index in [0.29, 0.717) is 37.0 Å². The molecule has 0 aliphatic heterocycles. The molecule has 3 rings (SSSR count). The van der Waals surface area contributed by atoms with Gasteiger partial charge in [-0.05, 0) is 37.8 Å². The van der Waals surface area contributed by atoms with E-state index in [1.165, 1.54) is 0 Å². The number of nitrogens with one attached hydrogen (secondary N) is 1. The molecule has 2 N–H and O–H groups in total. The monoisotopic (exact) mass is 331 g/mol. The molecule has 0 bridgehead atoms. The summed E-state index contributed by atoms with van der Waals surface area (Å²) in [6, 6.07) is 5.58. The number of rotatable bonds is 5. The topological polar surface area (TPSA) is 88.8 Å². The van der Waals surface area contributed by atoms with Crippen molar-refractivity contribution >= 4 is 22.8 Å². The van der Waals surface area contributed by atoms with Gasteiger partial charge in [-0.1, -0.05) is 0 Å². The van der Waals surface area contributed by atoms with Crippen LogP contribution >= 0.6 is 0 Å². The normalized spacial score (nSPS) is 20.7. The van der Waals surface area contributed by atoms with Crippen molar-refractivity contribution in [2.45, 2.75) is 38.1 Å². The highest BCUT2D eigenvalue weighted by atomic mass is 16.5. The molecule has 0 radical (unpaired) electrons. The molecule has 1 amide bonds. The first-order valence-corrected chi connectivity index (χ1v) is 8.13. The van der Waals surface area contributed by atoms with E-state index < -0.39 is 5.97 Å². The number of methoxy groups -OCH3 is 1. The van der Waals surface area contributed by atoms with E-state index >= 15 is 0 Å². The van der Waals surface area contributed by atoms with Crippen LogP contribution < -0.4 is 10.1 Å². The minimum atomic E-state index is -0.736. The molecule has 6 heteroatoms. The minimum absolute atomic E-state index is 0.0614. The van der Waals surface area contributed by atoms with Crippen molar-refractivity contribution in [2.75, 3.05) is 7.11 Å². The van der Waals surface area contributed by atoms with Crippen LogP contribution in [0.15, 0.2) is 28.9 Å². The number of carbonyl (C=O) groups is 2. The van der Waals surface area contributed by atoms with Crippen LogP contribution in [0, 0.1) is 5.92 Å². The van der Waals surface area contributed by atoms with Crippen molar-refractivity contribution in [3.63, 3.8) is 0 Å². The van der Waals surface area contributed by atoms with Gasteiger partial charge < -0.3 is 19.6 Å². The van der Waals surface area contributed by atoms with Gasteiger partial charge in [0.15, 0.2) is 0 Å². The fourth-order valence-corrected chi connectivity index (χ4v) is 3.26. The molecule has 1 aromatic carbocycles. The van der Waals surface area contributed by atoms with E-state index in [0.717, 1.165) is 10.9 Å². The number of carboxylic acids is 1. The number of hydrogen-bond donors (Lipinski definition) is 2. The molecule has 24 heavy (non-hydrogen) atoms. The van der Waals surface area contributed by atoms with Crippen LogP contribution in [0.25, 0.3) is 11.0 Å². The van der Waals surface area contributed by atoms with Gasteiger partial charge in [-0.3, -0.25) is 9.59 Å². The Labute approximate surface area is 139 Å². The number of fused-ring (bicyclic) bond motifs is 1. The molecule has 1 aliphatic carbocycles. The molecule has 0 saturated heterocycles. The van der Waals surface area contributed by atoms with Crippen LogP contribution in [0.1, 0.15) is 31.2 Å². The molecule has 2 aromatic rings. The highest BCUT2D eigenvalue weighted by Crippen LogP contribution is 2.27. The minimum Gasteiger partial charge on any atom is -0.497 e. The lowest BCUT2D eigenvalue weighted by Gasteiger charge is -2.26. The third kappa shape index (κ3) is 3.53. The van der Waals surface area contributed by atoms with Gasteiger partial charge >= 0.3 is 5.97 Å². The lowest BCUT2D eigenvalue weighted by Crippen LogP contribution is -2.39. The molecule has 1 aromatic heterocycles. The Kier molecular flexibility index (Phi) is 4.74. The zero-order chi connectivity index (χ0) is 17.1. The molecule has 0 atom stereocenters. The zero-order valence-corrected chi connectivity index (χ0v) is 13.6. The lowest BCUT2D eigenvalue weighted by atomic mass is 9.86. The maximum atomic E-state index is 12.3. The quantitative estimate of drug-likeness (QED) is 0.879. The smallest absolute Gasteiger partial charge is 0.306 e. The van der Waals surface area contributed by atoms with Crippen molar-refractivity contribution < 1.29 is 23.8 Å². The van der Waals surface area contributed by atoms with Gasteiger partial charge in [0.2, 0.25) is 5.91 Å². The zero-order valence-electron chi connectivity index (χ0n) is 13.6. The molecule has 0 unspecified atom stereocenters. The predicted molar refractivity (Wildman–Crippen MR) is 88.0 cm³/mol. The Morgan fingerprint density at radius 3 is 2.71 bits per heavy atom. The lowest BCUT2D eigenvalue weighted by molar-refractivity contribution is -0.142. The van der Waals surface area contributed by atoms with Crippen molar-refractivity contribution in [3.8, 4) is 5.75 Å². The molecular weight excluding hydrogens is 310 g/mol. The second-order valence-corrected chi connectivity index (χ2v) is 6.25. The molecule has 1 heterocycles. The third-order valence-corrected chi connectivity index (χ3v) is 4.66. The van der Waals surface area contributed by atoms with Crippen LogP contribution in [0.4, 0.5) is 0 Å². The molecular formula is C18H21NO5. The van der Waals surface area contributed by atoms with Crippen LogP contribution in [0.2, 0.25) is 0 Å². The molecule has 1 fully saturated rings. The maximum Gasteiger partial charge on any atom is 0.306 e. The molecule has 0 spiro atoms. The summed E-state index contributed by atoms with van der Waals surface area (Å²) >= 11 is 0. The van der Waals surface area contributed by atoms with Crippen molar-refractivity contribution in [3.05, 3.63) is 30.0 Å². The number of carbonyl (C=O) groups excluding carboxylic acids is 1. The number of ether oxygens (including phenoxy) is 1. The summed E-state index contributed by atoms with van der Waals surface area (Å²) in [6.45, 7) is 0. The Bertz CT molecular complexity index is 743. The van der Waals surface area contributed by atoms with E-state index in [-0.39, 0.29) is 24.3 Å². The number of furan rings is 1. The summed E-state index contributed by atoms with van der Waals surface area (Å²) in [7, 11) is 1.59. The van der Waals surface area contributed by atoms with Gasteiger partial charge in [0.25, 0.3) is 0 Å². The van der Waals surface area contributed by atoms with Crippen molar-refractivity contribution in [1.82, 2.24) is 5.32 Å². The average Bonchev–Trinajstić information content (AvgIpc) is 2.97. The second kappa shape index (κ2) is 6.95. The van der Waals surface area contributed by atoms with Gasteiger partial charge in [0.1, 0.15) is 11.3 Å². The van der Waals surface area contributed by atoms with E-state index in [2.05, 4.69) is 5.32 Å². The Morgan fingerprint density at radius 2 is 2.04 bits per heavy atom. The van der Waals surface area contributed by atoms with E-state index in [1.54, 1.807) is 19.4 Å². The molecule has 1 saturated carbocycles. The molecule has 128 valence electrons. The van der Waals surface area contributed by atoms with E-state index in [9.17, 15) is 9.59 Å². The van der Waals surface area contributed by atoms with Gasteiger partial charge in [-0.25, -0.2) is 0 Å². The van der Waals surface area contributed by atoms with Crippen LogP contribution in [-0.4, -0.2) is 30.1 Å². The number of aliphatic carboxylic acids is 1. The second-order valence-electron chi connectivity index (χ2n) is 6.25. The Balaban J connectivity index is 1.58. The van der Waals surface area contributed by atoms with Gasteiger partial charge in [0, 0.05) is 23.1 Å². The standard InChI is InChI=1S/C18H21NO5/c1-23-14-6-7-15-12(10-24-16(15)9-14)8-17(20)19-13-4-2-11(3-5-13)18(21)22/h6-7,9-11,13H,2-5,8H2,1H3,(H,19,20)(H,21,22). The Morgan fingerprint density at radius 1 is 1.29 bits per heavy atom. The first kappa shape index (κ1) is 16.4. The summed E-state index contributed by atoms with van der Waals surface area (Å²) in [6.07, 6.45) is 4.52. The largest absolute Gasteiger partial charge is 0.497 e. The van der Waals surface area contributed by atoms with Gasteiger partial charge in [-0.2, -0.15) is 0 Å². The van der Waals surface area contributed by atoms with Crippen molar-refractivity contribution in [2.24, 2.45) is 5.92 Å². The summed E-state index contributed by atoms with van der Waals surface area (Å²) in [5, 5.41) is 12.9. The first-order valence-electron chi connectivity index (χ1n) is 8.13. The molecule has 1 aliphatic rings. The number of amides is 1. The van der Waals surface area contributed by atoms with Crippen molar-refractivity contribution in [1.29, 1.82) is 0 Å². The highest BCUT2D eigenvalue weighted by molar-refractivity contribution is 5.88. The summed E-state index contributed by atoms with van der Waals surface area (Å²) in [5.74, 6) is -0.360. The summed E-state index contributed by atoms with van der Waals surface area (Å²) < 4.78 is 10.7. The average molecular weight is 331 g/mol. The Hall–Kier alpha value is -2.50. The van der Waals surface area contributed by atoms with E-state index in [4.69, 9.17) is 14.3 Å². The predicted octanol–water partition coefficient (Wildman–Crippen LogP) is 2.74. The molecule has 6 nitrogen and oxygen atoms in total.